The summed E-state index contributed by atoms with van der Waals surface area (Å²) in [5, 5.41) is 0.684. The SMILES string of the molecule is O=C(c1ccccc1)[C@@H](Br)[C@H](Br)c1ccc(Cl)cc1. The van der Waals surface area contributed by atoms with Crippen LogP contribution in [0.3, 0.4) is 0 Å². The first-order valence-corrected chi connectivity index (χ1v) is 7.93. The van der Waals surface area contributed by atoms with E-state index < -0.39 is 0 Å². The quantitative estimate of drug-likeness (QED) is 0.493. The summed E-state index contributed by atoms with van der Waals surface area (Å²) in [5.74, 6) is 0.0532. The van der Waals surface area contributed by atoms with Gasteiger partial charge in [-0.05, 0) is 17.7 Å². The maximum atomic E-state index is 12.3. The van der Waals surface area contributed by atoms with Crippen LogP contribution in [-0.4, -0.2) is 10.6 Å². The number of alkyl halides is 2. The van der Waals surface area contributed by atoms with Gasteiger partial charge in [-0.15, -0.1) is 0 Å². The van der Waals surface area contributed by atoms with Gasteiger partial charge in [0.05, 0.1) is 9.65 Å². The minimum absolute atomic E-state index is 0.0532. The summed E-state index contributed by atoms with van der Waals surface area (Å²) in [7, 11) is 0. The van der Waals surface area contributed by atoms with Crippen molar-refractivity contribution in [3.63, 3.8) is 0 Å². The molecule has 0 unspecified atom stereocenters. The number of benzene rings is 2. The molecule has 0 aromatic heterocycles. The second kappa shape index (κ2) is 6.69. The van der Waals surface area contributed by atoms with E-state index in [2.05, 4.69) is 31.9 Å². The van der Waals surface area contributed by atoms with Gasteiger partial charge >= 0.3 is 0 Å². The topological polar surface area (TPSA) is 17.1 Å². The Balaban J connectivity index is 2.17. The van der Waals surface area contributed by atoms with Gasteiger partial charge in [0.25, 0.3) is 0 Å². The van der Waals surface area contributed by atoms with Crippen LogP contribution in [0, 0.1) is 0 Å². The zero-order valence-electron chi connectivity index (χ0n) is 9.89. The first kappa shape index (κ1) is 14.8. The number of hydrogen-bond acceptors (Lipinski definition) is 1. The fourth-order valence-corrected chi connectivity index (χ4v) is 2.95. The molecule has 4 heteroatoms. The Morgan fingerprint density at radius 2 is 1.53 bits per heavy atom. The second-order valence-corrected chi connectivity index (χ2v) is 6.49. The van der Waals surface area contributed by atoms with E-state index in [1.165, 1.54) is 0 Å². The predicted octanol–water partition coefficient (Wildman–Crippen LogP) is 5.42. The first-order valence-electron chi connectivity index (χ1n) is 5.72. The third-order valence-corrected chi connectivity index (χ3v) is 5.72. The summed E-state index contributed by atoms with van der Waals surface area (Å²) in [6, 6.07) is 16.7. The normalized spacial score (nSPS) is 13.8. The van der Waals surface area contributed by atoms with Crippen LogP contribution in [0.1, 0.15) is 20.7 Å². The molecule has 19 heavy (non-hydrogen) atoms. The van der Waals surface area contributed by atoms with Crippen molar-refractivity contribution in [2.24, 2.45) is 0 Å². The maximum Gasteiger partial charge on any atom is 0.177 e. The molecule has 0 aliphatic carbocycles. The van der Waals surface area contributed by atoms with E-state index in [-0.39, 0.29) is 15.4 Å². The van der Waals surface area contributed by atoms with Crippen LogP contribution in [-0.2, 0) is 0 Å². The van der Waals surface area contributed by atoms with Crippen molar-refractivity contribution in [3.05, 3.63) is 70.7 Å². The van der Waals surface area contributed by atoms with E-state index >= 15 is 0 Å². The lowest BCUT2D eigenvalue weighted by Crippen LogP contribution is -2.19. The Bertz CT molecular complexity index is 554. The van der Waals surface area contributed by atoms with Crippen LogP contribution in [0.4, 0.5) is 0 Å². The molecule has 0 aliphatic heterocycles. The number of Topliss-reactive ketones (excluding diaryl/α,β-unsaturated/α-hetero) is 1. The summed E-state index contributed by atoms with van der Waals surface area (Å²) in [5.41, 5.74) is 1.71. The van der Waals surface area contributed by atoms with Crippen molar-refractivity contribution in [3.8, 4) is 0 Å². The summed E-state index contributed by atoms with van der Waals surface area (Å²) in [6.07, 6.45) is 0. The van der Waals surface area contributed by atoms with E-state index in [9.17, 15) is 4.79 Å². The number of hydrogen-bond donors (Lipinski definition) is 0. The molecule has 98 valence electrons. The standard InChI is InChI=1S/C15H11Br2ClO/c16-13(10-6-8-12(18)9-7-10)14(17)15(19)11-4-2-1-3-5-11/h1-9,13-14H/t13-,14+/m1/s1. The second-order valence-electron chi connectivity index (χ2n) is 4.09. The highest BCUT2D eigenvalue weighted by atomic mass is 79.9. The van der Waals surface area contributed by atoms with E-state index in [1.54, 1.807) is 0 Å². The van der Waals surface area contributed by atoms with Crippen molar-refractivity contribution >= 4 is 49.2 Å². The van der Waals surface area contributed by atoms with Gasteiger partial charge in [-0.3, -0.25) is 4.79 Å². The van der Waals surface area contributed by atoms with Crippen molar-refractivity contribution in [2.45, 2.75) is 9.65 Å². The van der Waals surface area contributed by atoms with Crippen LogP contribution in [0.25, 0.3) is 0 Å². The Hall–Kier alpha value is -0.640. The van der Waals surface area contributed by atoms with Gasteiger partial charge < -0.3 is 0 Å². The third-order valence-electron chi connectivity index (χ3n) is 2.75. The van der Waals surface area contributed by atoms with Gasteiger partial charge in [-0.25, -0.2) is 0 Å². The highest BCUT2D eigenvalue weighted by Gasteiger charge is 2.25. The fourth-order valence-electron chi connectivity index (χ4n) is 1.71. The van der Waals surface area contributed by atoms with E-state index in [0.717, 1.165) is 5.56 Å². The molecule has 2 aromatic carbocycles. The minimum atomic E-state index is -0.323. The average Bonchev–Trinajstić information content (AvgIpc) is 2.46. The monoisotopic (exact) mass is 400 g/mol. The molecule has 0 saturated carbocycles. The Morgan fingerprint density at radius 3 is 2.11 bits per heavy atom. The molecule has 0 heterocycles. The van der Waals surface area contributed by atoms with Gasteiger partial charge in [-0.1, -0.05) is 85.9 Å². The van der Waals surface area contributed by atoms with Crippen molar-refractivity contribution in [1.82, 2.24) is 0 Å². The molecule has 0 aliphatic rings. The number of carbonyl (C=O) groups excluding carboxylic acids is 1. The smallest absolute Gasteiger partial charge is 0.177 e. The molecule has 0 spiro atoms. The summed E-state index contributed by atoms with van der Waals surface area (Å²) < 4.78 is 0. The Morgan fingerprint density at radius 1 is 0.947 bits per heavy atom. The molecular formula is C15H11Br2ClO. The van der Waals surface area contributed by atoms with Crippen LogP contribution in [0.15, 0.2) is 54.6 Å². The highest BCUT2D eigenvalue weighted by Crippen LogP contribution is 2.33. The highest BCUT2D eigenvalue weighted by molar-refractivity contribution is 9.12. The fraction of sp³-hybridized carbons (Fsp3) is 0.133. The molecule has 0 fully saturated rings. The molecule has 1 nitrogen and oxygen atoms in total. The zero-order valence-corrected chi connectivity index (χ0v) is 13.8. The van der Waals surface area contributed by atoms with Crippen LogP contribution >= 0.6 is 43.5 Å². The van der Waals surface area contributed by atoms with Gasteiger partial charge in [0, 0.05) is 10.6 Å². The Kier molecular flexibility index (Phi) is 5.20. The Labute approximate surface area is 134 Å². The largest absolute Gasteiger partial charge is 0.293 e. The summed E-state index contributed by atoms with van der Waals surface area (Å²) in [4.78, 5) is 11.9. The van der Waals surface area contributed by atoms with Crippen LogP contribution < -0.4 is 0 Å². The van der Waals surface area contributed by atoms with Gasteiger partial charge in [0.2, 0.25) is 0 Å². The molecule has 0 radical (unpaired) electrons. The van der Waals surface area contributed by atoms with Crippen molar-refractivity contribution in [1.29, 1.82) is 0 Å². The van der Waals surface area contributed by atoms with E-state index in [0.29, 0.717) is 10.6 Å². The molecule has 0 amide bonds. The number of halogens is 3. The number of carbonyl (C=O) groups is 1. The van der Waals surface area contributed by atoms with E-state index in [4.69, 9.17) is 11.6 Å². The lowest BCUT2D eigenvalue weighted by molar-refractivity contribution is 0.0991. The molecule has 2 aromatic rings. The minimum Gasteiger partial charge on any atom is -0.293 e. The number of rotatable bonds is 4. The molecule has 0 saturated heterocycles. The zero-order chi connectivity index (χ0) is 13.8. The van der Waals surface area contributed by atoms with E-state index in [1.807, 2.05) is 54.6 Å². The average molecular weight is 403 g/mol. The maximum absolute atomic E-state index is 12.3. The van der Waals surface area contributed by atoms with Crippen LogP contribution in [0.2, 0.25) is 5.02 Å². The van der Waals surface area contributed by atoms with Gasteiger partial charge in [-0.2, -0.15) is 0 Å². The summed E-state index contributed by atoms with van der Waals surface area (Å²) in [6.45, 7) is 0. The molecule has 0 bridgehead atoms. The summed E-state index contributed by atoms with van der Waals surface area (Å²) >= 11 is 12.9. The lowest BCUT2D eigenvalue weighted by Gasteiger charge is -2.16. The van der Waals surface area contributed by atoms with Crippen molar-refractivity contribution < 1.29 is 4.79 Å². The van der Waals surface area contributed by atoms with Crippen LogP contribution in [0.5, 0.6) is 0 Å². The molecule has 2 atom stereocenters. The van der Waals surface area contributed by atoms with Crippen molar-refractivity contribution in [2.75, 3.05) is 0 Å². The predicted molar refractivity (Wildman–Crippen MR) is 86.6 cm³/mol. The van der Waals surface area contributed by atoms with Gasteiger partial charge in [0.1, 0.15) is 0 Å². The molecule has 2 rings (SSSR count). The van der Waals surface area contributed by atoms with Gasteiger partial charge in [0.15, 0.2) is 5.78 Å². The first-order chi connectivity index (χ1) is 9.09. The molecule has 0 N–H and O–H groups in total. The number of ketones is 1. The lowest BCUT2D eigenvalue weighted by atomic mass is 10.0. The molecular weight excluding hydrogens is 391 g/mol. The third kappa shape index (κ3) is 3.68.